The molecule has 2 atom stereocenters. The molecule has 7 nitrogen and oxygen atoms in total. The Hall–Kier alpha value is -2.64. The molecule has 0 N–H and O–H groups in total. The Morgan fingerprint density at radius 1 is 0.704 bits per heavy atom. The van der Waals surface area contributed by atoms with Crippen LogP contribution in [0.3, 0.4) is 0 Å². The average Bonchev–Trinajstić information content (AvgIpc) is 3.57. The molecule has 2 aromatic carbocycles. The Balaban J connectivity index is 1.39. The average molecular weight is 370 g/mol. The van der Waals surface area contributed by atoms with Gasteiger partial charge in [-0.1, -0.05) is 0 Å². The van der Waals surface area contributed by atoms with Crippen molar-refractivity contribution in [2.24, 2.45) is 0 Å². The molecular formula is C20H18O7. The highest BCUT2D eigenvalue weighted by Gasteiger charge is 2.32. The molecule has 2 fully saturated rings. The summed E-state index contributed by atoms with van der Waals surface area (Å²) in [5.74, 6) is 4.47. The zero-order chi connectivity index (χ0) is 17.8. The fourth-order valence-electron chi connectivity index (χ4n) is 3.55. The highest BCUT2D eigenvalue weighted by atomic mass is 16.7. The van der Waals surface area contributed by atoms with Crippen LogP contribution in [0.15, 0.2) is 24.3 Å². The topological polar surface area (TPSA) is 71.2 Å². The SMILES string of the molecule is c1cc2c(c(CC3CO3)c1Oc1ccc3c(c1CC1CO1)OCO3)OCO2. The maximum atomic E-state index is 6.37. The van der Waals surface area contributed by atoms with Crippen molar-refractivity contribution in [2.75, 3.05) is 26.8 Å². The monoisotopic (exact) mass is 370 g/mol. The minimum atomic E-state index is 0.208. The molecule has 6 rings (SSSR count). The van der Waals surface area contributed by atoms with Crippen molar-refractivity contribution in [1.82, 2.24) is 0 Å². The Kier molecular flexibility index (Phi) is 3.39. The van der Waals surface area contributed by atoms with E-state index in [9.17, 15) is 0 Å². The van der Waals surface area contributed by atoms with Gasteiger partial charge in [0.2, 0.25) is 13.6 Å². The van der Waals surface area contributed by atoms with E-state index in [1.807, 2.05) is 24.3 Å². The predicted molar refractivity (Wildman–Crippen MR) is 92.1 cm³/mol. The fraction of sp³-hybridized carbons (Fsp3) is 0.400. The lowest BCUT2D eigenvalue weighted by molar-refractivity contribution is 0.173. The molecule has 0 radical (unpaired) electrons. The van der Waals surface area contributed by atoms with Gasteiger partial charge >= 0.3 is 0 Å². The maximum Gasteiger partial charge on any atom is 0.231 e. The molecule has 4 heterocycles. The van der Waals surface area contributed by atoms with E-state index in [-0.39, 0.29) is 25.8 Å². The fourth-order valence-corrected chi connectivity index (χ4v) is 3.55. The second-order valence-corrected chi connectivity index (χ2v) is 6.97. The molecule has 2 unspecified atom stereocenters. The minimum Gasteiger partial charge on any atom is -0.456 e. The highest BCUT2D eigenvalue weighted by Crippen LogP contribution is 2.47. The van der Waals surface area contributed by atoms with Crippen LogP contribution >= 0.6 is 0 Å². The van der Waals surface area contributed by atoms with Crippen molar-refractivity contribution in [3.63, 3.8) is 0 Å². The molecule has 4 aliphatic heterocycles. The Morgan fingerprint density at radius 2 is 1.19 bits per heavy atom. The van der Waals surface area contributed by atoms with Gasteiger partial charge in [-0.25, -0.2) is 0 Å². The van der Waals surface area contributed by atoms with Gasteiger partial charge in [-0.15, -0.1) is 0 Å². The summed E-state index contributed by atoms with van der Waals surface area (Å²) in [6.45, 7) is 1.98. The highest BCUT2D eigenvalue weighted by molar-refractivity contribution is 5.59. The summed E-state index contributed by atoms with van der Waals surface area (Å²) in [6.07, 6.45) is 1.87. The van der Waals surface area contributed by atoms with Crippen molar-refractivity contribution in [3.8, 4) is 34.5 Å². The number of hydrogen-bond acceptors (Lipinski definition) is 7. The first-order valence-corrected chi connectivity index (χ1v) is 9.09. The third-order valence-corrected chi connectivity index (χ3v) is 5.09. The lowest BCUT2D eigenvalue weighted by Crippen LogP contribution is -2.03. The molecule has 2 saturated heterocycles. The van der Waals surface area contributed by atoms with Gasteiger partial charge in [0.15, 0.2) is 23.0 Å². The molecule has 2 aromatic rings. The van der Waals surface area contributed by atoms with E-state index in [1.54, 1.807) is 0 Å². The van der Waals surface area contributed by atoms with Gasteiger partial charge in [0.1, 0.15) is 11.5 Å². The van der Waals surface area contributed by atoms with Crippen LogP contribution in [0.1, 0.15) is 11.1 Å². The predicted octanol–water partition coefficient (Wildman–Crippen LogP) is 2.82. The standard InChI is InChI=1S/C20H18O7/c1-3-17-19(25-9-23-17)13(5-11-7-21-11)15(1)27-16-2-4-18-20(26-10-24-18)14(16)6-12-8-22-12/h1-4,11-12H,5-10H2. The van der Waals surface area contributed by atoms with E-state index in [4.69, 9.17) is 33.2 Å². The summed E-state index contributed by atoms with van der Waals surface area (Å²) >= 11 is 0. The molecule has 0 saturated carbocycles. The van der Waals surface area contributed by atoms with Crippen LogP contribution in [-0.2, 0) is 22.3 Å². The third kappa shape index (κ3) is 2.83. The van der Waals surface area contributed by atoms with Crippen LogP contribution in [0.2, 0.25) is 0 Å². The Morgan fingerprint density at radius 3 is 1.63 bits per heavy atom. The quantitative estimate of drug-likeness (QED) is 0.724. The molecule has 0 bridgehead atoms. The van der Waals surface area contributed by atoms with Gasteiger partial charge in [0.05, 0.1) is 25.4 Å². The molecule has 0 amide bonds. The molecule has 0 aromatic heterocycles. The lowest BCUT2D eigenvalue weighted by Gasteiger charge is -2.16. The molecule has 27 heavy (non-hydrogen) atoms. The van der Waals surface area contributed by atoms with E-state index in [2.05, 4.69) is 0 Å². The van der Waals surface area contributed by atoms with Crippen molar-refractivity contribution < 1.29 is 33.2 Å². The van der Waals surface area contributed by atoms with Gasteiger partial charge in [0.25, 0.3) is 0 Å². The number of rotatable bonds is 6. The lowest BCUT2D eigenvalue weighted by atomic mass is 10.1. The van der Waals surface area contributed by atoms with Crippen molar-refractivity contribution >= 4 is 0 Å². The zero-order valence-corrected chi connectivity index (χ0v) is 14.6. The van der Waals surface area contributed by atoms with Crippen LogP contribution in [0.4, 0.5) is 0 Å². The van der Waals surface area contributed by atoms with Gasteiger partial charge in [-0.2, -0.15) is 0 Å². The van der Waals surface area contributed by atoms with E-state index in [0.29, 0.717) is 0 Å². The van der Waals surface area contributed by atoms with Crippen molar-refractivity contribution in [3.05, 3.63) is 35.4 Å². The largest absolute Gasteiger partial charge is 0.456 e. The van der Waals surface area contributed by atoms with Crippen molar-refractivity contribution in [2.45, 2.75) is 25.0 Å². The van der Waals surface area contributed by atoms with Gasteiger partial charge in [-0.3, -0.25) is 0 Å². The zero-order valence-electron chi connectivity index (χ0n) is 14.6. The minimum absolute atomic E-state index is 0.208. The number of ether oxygens (including phenoxy) is 7. The van der Waals surface area contributed by atoms with Gasteiger partial charge in [-0.05, 0) is 24.3 Å². The van der Waals surface area contributed by atoms with Crippen LogP contribution in [0.25, 0.3) is 0 Å². The molecule has 0 aliphatic carbocycles. The van der Waals surface area contributed by atoms with Gasteiger partial charge in [0, 0.05) is 24.0 Å². The number of fused-ring (bicyclic) bond motifs is 2. The first kappa shape index (κ1) is 15.4. The van der Waals surface area contributed by atoms with Gasteiger partial charge < -0.3 is 33.2 Å². The smallest absolute Gasteiger partial charge is 0.231 e. The molecule has 140 valence electrons. The summed E-state index contributed by atoms with van der Waals surface area (Å²) in [6, 6.07) is 7.61. The van der Waals surface area contributed by atoms with E-state index >= 15 is 0 Å². The van der Waals surface area contributed by atoms with E-state index in [1.165, 1.54) is 0 Å². The van der Waals surface area contributed by atoms with E-state index < -0.39 is 0 Å². The third-order valence-electron chi connectivity index (χ3n) is 5.09. The first-order chi connectivity index (χ1) is 13.3. The number of benzene rings is 2. The van der Waals surface area contributed by atoms with Crippen LogP contribution in [-0.4, -0.2) is 39.0 Å². The molecular weight excluding hydrogens is 352 g/mol. The van der Waals surface area contributed by atoms with Crippen LogP contribution in [0.5, 0.6) is 34.5 Å². The van der Waals surface area contributed by atoms with E-state index in [0.717, 1.165) is 71.7 Å². The Labute approximate surface area is 155 Å². The first-order valence-electron chi connectivity index (χ1n) is 9.09. The summed E-state index contributed by atoms with van der Waals surface area (Å²) in [5.41, 5.74) is 1.94. The number of epoxide rings is 2. The van der Waals surface area contributed by atoms with Crippen LogP contribution < -0.4 is 23.7 Å². The summed E-state index contributed by atoms with van der Waals surface area (Å²) in [5, 5.41) is 0. The molecule has 0 spiro atoms. The second-order valence-electron chi connectivity index (χ2n) is 6.97. The maximum absolute atomic E-state index is 6.37. The summed E-state index contributed by atoms with van der Waals surface area (Å²) in [4.78, 5) is 0. The van der Waals surface area contributed by atoms with Crippen molar-refractivity contribution in [1.29, 1.82) is 0 Å². The normalized spacial score (nSPS) is 23.4. The summed E-state index contributed by atoms with van der Waals surface area (Å²) in [7, 11) is 0. The van der Waals surface area contributed by atoms with Crippen LogP contribution in [0, 0.1) is 0 Å². The molecule has 4 aliphatic rings. The second kappa shape index (κ2) is 5.94. The Bertz CT molecular complexity index is 828. The molecule has 7 heteroatoms. The number of hydrogen-bond donors (Lipinski definition) is 0. The summed E-state index contributed by atoms with van der Waals surface area (Å²) < 4.78 is 39.6.